The Labute approximate surface area is 114 Å². The summed E-state index contributed by atoms with van der Waals surface area (Å²) < 4.78 is 5.09. The Morgan fingerprint density at radius 1 is 1.47 bits per heavy atom. The van der Waals surface area contributed by atoms with Crippen LogP contribution in [0.3, 0.4) is 0 Å². The molecule has 1 heterocycles. The molecule has 0 bridgehead atoms. The van der Waals surface area contributed by atoms with E-state index < -0.39 is 0 Å². The smallest absolute Gasteiger partial charge is 0.237 e. The highest BCUT2D eigenvalue weighted by atomic mass is 16.5. The van der Waals surface area contributed by atoms with Crippen molar-refractivity contribution in [3.63, 3.8) is 0 Å². The third kappa shape index (κ3) is 5.26. The van der Waals surface area contributed by atoms with Gasteiger partial charge in [0.05, 0.1) is 7.11 Å². The highest BCUT2D eigenvalue weighted by molar-refractivity contribution is 5.91. The lowest BCUT2D eigenvalue weighted by Gasteiger charge is -2.23. The molecule has 0 radical (unpaired) electrons. The van der Waals surface area contributed by atoms with E-state index in [0.717, 1.165) is 12.8 Å². The van der Waals surface area contributed by atoms with Gasteiger partial charge in [0.15, 0.2) is 0 Å². The molecule has 1 amide bonds. The summed E-state index contributed by atoms with van der Waals surface area (Å²) in [4.78, 5) is 15.9. The second-order valence-electron chi connectivity index (χ2n) is 5.31. The topological polar surface area (TPSA) is 77.2 Å². The van der Waals surface area contributed by atoms with Gasteiger partial charge in [-0.15, -0.1) is 0 Å². The monoisotopic (exact) mass is 265 g/mol. The van der Waals surface area contributed by atoms with E-state index in [-0.39, 0.29) is 11.3 Å². The quantitative estimate of drug-likeness (QED) is 0.792. The molecule has 1 aromatic heterocycles. The second-order valence-corrected chi connectivity index (χ2v) is 5.31. The molecule has 106 valence electrons. The molecule has 0 fully saturated rings. The van der Waals surface area contributed by atoms with E-state index in [9.17, 15) is 4.79 Å². The zero-order valence-electron chi connectivity index (χ0n) is 11.9. The normalized spacial score (nSPS) is 11.2. The number of amides is 1. The number of hydrogen-bond acceptors (Lipinski definition) is 4. The first-order valence-electron chi connectivity index (χ1n) is 6.47. The summed E-state index contributed by atoms with van der Waals surface area (Å²) in [5.41, 5.74) is 6.25. The molecule has 0 aliphatic rings. The molecule has 0 atom stereocenters. The summed E-state index contributed by atoms with van der Waals surface area (Å²) in [6.07, 6.45) is 3.80. The summed E-state index contributed by atoms with van der Waals surface area (Å²) in [6.45, 7) is 4.89. The van der Waals surface area contributed by atoms with Gasteiger partial charge in [-0.25, -0.2) is 4.98 Å². The number of ether oxygens (including phenoxy) is 1. The van der Waals surface area contributed by atoms with Crippen LogP contribution in [-0.4, -0.2) is 24.5 Å². The molecule has 0 unspecified atom stereocenters. The maximum absolute atomic E-state index is 11.9. The van der Waals surface area contributed by atoms with Crippen molar-refractivity contribution < 1.29 is 9.53 Å². The standard InChI is InChI=1S/C14H23N3O2/c1-14(2,8-9-15)7-6-12(18)17-11-5-4-10-16-13(11)19-3/h4-5,10H,6-9,15H2,1-3H3,(H,17,18). The van der Waals surface area contributed by atoms with Crippen molar-refractivity contribution in [2.24, 2.45) is 11.1 Å². The molecule has 0 aliphatic heterocycles. The van der Waals surface area contributed by atoms with Crippen LogP contribution >= 0.6 is 0 Å². The molecule has 1 aromatic rings. The van der Waals surface area contributed by atoms with Gasteiger partial charge in [-0.3, -0.25) is 4.79 Å². The summed E-state index contributed by atoms with van der Waals surface area (Å²) in [5.74, 6) is 0.397. The lowest BCUT2D eigenvalue weighted by atomic mass is 9.84. The van der Waals surface area contributed by atoms with Gasteiger partial charge in [0.2, 0.25) is 11.8 Å². The van der Waals surface area contributed by atoms with E-state index in [1.165, 1.54) is 7.11 Å². The van der Waals surface area contributed by atoms with Crippen LogP contribution in [0.5, 0.6) is 5.88 Å². The van der Waals surface area contributed by atoms with Gasteiger partial charge in [0.25, 0.3) is 0 Å². The number of nitrogens with one attached hydrogen (secondary N) is 1. The Bertz CT molecular complexity index is 419. The predicted molar refractivity (Wildman–Crippen MR) is 76.1 cm³/mol. The Morgan fingerprint density at radius 2 is 2.21 bits per heavy atom. The first-order valence-corrected chi connectivity index (χ1v) is 6.47. The van der Waals surface area contributed by atoms with Gasteiger partial charge in [-0.1, -0.05) is 13.8 Å². The summed E-state index contributed by atoms with van der Waals surface area (Å²) >= 11 is 0. The Balaban J connectivity index is 2.52. The number of anilines is 1. The zero-order valence-corrected chi connectivity index (χ0v) is 11.9. The van der Waals surface area contributed by atoms with E-state index in [4.69, 9.17) is 10.5 Å². The molecule has 5 nitrogen and oxygen atoms in total. The van der Waals surface area contributed by atoms with Gasteiger partial charge < -0.3 is 15.8 Å². The number of aromatic nitrogens is 1. The highest BCUT2D eigenvalue weighted by Crippen LogP contribution is 2.26. The third-order valence-corrected chi connectivity index (χ3v) is 3.09. The Morgan fingerprint density at radius 3 is 2.84 bits per heavy atom. The van der Waals surface area contributed by atoms with Crippen LogP contribution in [-0.2, 0) is 4.79 Å². The van der Waals surface area contributed by atoms with Crippen LogP contribution in [0.25, 0.3) is 0 Å². The fraction of sp³-hybridized carbons (Fsp3) is 0.571. The van der Waals surface area contributed by atoms with Crippen LogP contribution in [0, 0.1) is 5.41 Å². The molecular formula is C14H23N3O2. The lowest BCUT2D eigenvalue weighted by Crippen LogP contribution is -2.20. The van der Waals surface area contributed by atoms with E-state index in [2.05, 4.69) is 24.1 Å². The van der Waals surface area contributed by atoms with Crippen molar-refractivity contribution in [3.05, 3.63) is 18.3 Å². The molecule has 1 rings (SSSR count). The van der Waals surface area contributed by atoms with Crippen molar-refractivity contribution in [3.8, 4) is 5.88 Å². The van der Waals surface area contributed by atoms with Gasteiger partial charge in [0.1, 0.15) is 5.69 Å². The number of hydrogen-bond donors (Lipinski definition) is 2. The highest BCUT2D eigenvalue weighted by Gasteiger charge is 2.18. The number of nitrogens with zero attached hydrogens (tertiary/aromatic N) is 1. The van der Waals surface area contributed by atoms with Crippen molar-refractivity contribution in [1.82, 2.24) is 4.98 Å². The molecule has 3 N–H and O–H groups in total. The SMILES string of the molecule is COc1ncccc1NC(=O)CCC(C)(C)CCN. The summed E-state index contributed by atoms with van der Waals surface area (Å²) in [5, 5.41) is 2.82. The number of pyridine rings is 1. The summed E-state index contributed by atoms with van der Waals surface area (Å²) in [7, 11) is 1.53. The number of rotatable bonds is 7. The average Bonchev–Trinajstić information content (AvgIpc) is 2.37. The third-order valence-electron chi connectivity index (χ3n) is 3.09. The number of carbonyl (C=O) groups is 1. The molecule has 5 heteroatoms. The van der Waals surface area contributed by atoms with Crippen LogP contribution in [0.4, 0.5) is 5.69 Å². The lowest BCUT2D eigenvalue weighted by molar-refractivity contribution is -0.116. The van der Waals surface area contributed by atoms with Crippen molar-refractivity contribution in [2.45, 2.75) is 33.1 Å². The van der Waals surface area contributed by atoms with Crippen LogP contribution < -0.4 is 15.8 Å². The first kappa shape index (κ1) is 15.4. The average molecular weight is 265 g/mol. The van der Waals surface area contributed by atoms with Crippen molar-refractivity contribution >= 4 is 11.6 Å². The maximum atomic E-state index is 11.9. The van der Waals surface area contributed by atoms with E-state index >= 15 is 0 Å². The molecule has 0 aliphatic carbocycles. The molecule has 0 saturated heterocycles. The van der Waals surface area contributed by atoms with Gasteiger partial charge in [0, 0.05) is 12.6 Å². The molecule has 0 spiro atoms. The van der Waals surface area contributed by atoms with Crippen LogP contribution in [0.15, 0.2) is 18.3 Å². The van der Waals surface area contributed by atoms with Gasteiger partial charge in [-0.2, -0.15) is 0 Å². The molecule has 0 aromatic carbocycles. The number of methoxy groups -OCH3 is 1. The van der Waals surface area contributed by atoms with Crippen LogP contribution in [0.1, 0.15) is 33.1 Å². The van der Waals surface area contributed by atoms with Crippen LogP contribution in [0.2, 0.25) is 0 Å². The fourth-order valence-corrected chi connectivity index (χ4v) is 1.83. The molecule has 19 heavy (non-hydrogen) atoms. The maximum Gasteiger partial charge on any atom is 0.237 e. The molecular weight excluding hydrogens is 242 g/mol. The minimum atomic E-state index is -0.0311. The van der Waals surface area contributed by atoms with E-state index in [1.807, 2.05) is 0 Å². The van der Waals surface area contributed by atoms with Gasteiger partial charge >= 0.3 is 0 Å². The molecule has 0 saturated carbocycles. The van der Waals surface area contributed by atoms with Crippen molar-refractivity contribution in [2.75, 3.05) is 19.0 Å². The minimum Gasteiger partial charge on any atom is -0.480 e. The van der Waals surface area contributed by atoms with Gasteiger partial charge in [-0.05, 0) is 36.9 Å². The van der Waals surface area contributed by atoms with E-state index in [1.54, 1.807) is 18.3 Å². The largest absolute Gasteiger partial charge is 0.480 e. The number of nitrogens with two attached hydrogens (primary N) is 1. The Hall–Kier alpha value is -1.62. The summed E-state index contributed by atoms with van der Waals surface area (Å²) in [6, 6.07) is 3.53. The van der Waals surface area contributed by atoms with Crippen molar-refractivity contribution in [1.29, 1.82) is 0 Å². The number of carbonyl (C=O) groups excluding carboxylic acids is 1. The Kier molecular flexibility index (Phi) is 5.76. The minimum absolute atomic E-state index is 0.0311. The zero-order chi connectivity index (χ0) is 14.3. The van der Waals surface area contributed by atoms with E-state index in [0.29, 0.717) is 24.5 Å². The predicted octanol–water partition coefficient (Wildman–Crippen LogP) is 2.18. The first-order chi connectivity index (χ1) is 8.98. The second kappa shape index (κ2) is 7.09. The fourth-order valence-electron chi connectivity index (χ4n) is 1.83.